The summed E-state index contributed by atoms with van der Waals surface area (Å²) in [5.74, 6) is 0.368. The minimum atomic E-state index is -4.67. The molecule has 0 aliphatic carbocycles. The molecule has 2 rings (SSSR count). The fourth-order valence-corrected chi connectivity index (χ4v) is 1.89. The maximum absolute atomic E-state index is 12.0. The number of alkyl halides is 3. The molecule has 2 heterocycles. The van der Waals surface area contributed by atoms with Gasteiger partial charge in [-0.3, -0.25) is 0 Å². The molecule has 0 amide bonds. The lowest BCUT2D eigenvalue weighted by Crippen LogP contribution is -2.49. The minimum absolute atomic E-state index is 0.297. The molecule has 1 aliphatic rings. The van der Waals surface area contributed by atoms with E-state index in [0.717, 1.165) is 25.8 Å². The van der Waals surface area contributed by atoms with Crippen LogP contribution in [-0.4, -0.2) is 37.0 Å². The van der Waals surface area contributed by atoms with E-state index in [4.69, 9.17) is 0 Å². The number of hydrogen-bond acceptors (Lipinski definition) is 4. The van der Waals surface area contributed by atoms with Crippen molar-refractivity contribution in [3.63, 3.8) is 0 Å². The fourth-order valence-electron chi connectivity index (χ4n) is 1.89. The van der Waals surface area contributed by atoms with E-state index in [1.807, 2.05) is 11.8 Å². The fraction of sp³-hybridized carbons (Fsp3) is 0.545. The maximum atomic E-state index is 12.0. The summed E-state index contributed by atoms with van der Waals surface area (Å²) in [6.07, 6.45) is -3.58. The highest BCUT2D eigenvalue weighted by atomic mass is 19.4. The van der Waals surface area contributed by atoms with Gasteiger partial charge in [0.2, 0.25) is 0 Å². The van der Waals surface area contributed by atoms with Crippen molar-refractivity contribution in [3.8, 4) is 5.75 Å². The first-order valence-corrected chi connectivity index (χ1v) is 5.64. The Bertz CT molecular complexity index is 394. The summed E-state index contributed by atoms with van der Waals surface area (Å²) >= 11 is 0. The normalized spacial score (nSPS) is 20.9. The first-order valence-electron chi connectivity index (χ1n) is 5.64. The van der Waals surface area contributed by atoms with E-state index in [1.54, 1.807) is 6.07 Å². The number of halogens is 3. The molecular weight excluding hydrogens is 247 g/mol. The number of aromatic nitrogens is 1. The van der Waals surface area contributed by atoms with E-state index in [0.29, 0.717) is 11.9 Å². The lowest BCUT2D eigenvalue weighted by molar-refractivity contribution is -0.274. The van der Waals surface area contributed by atoms with Gasteiger partial charge in [0, 0.05) is 25.7 Å². The lowest BCUT2D eigenvalue weighted by atomic mass is 10.2. The molecule has 0 aromatic carbocycles. The van der Waals surface area contributed by atoms with Crippen molar-refractivity contribution >= 4 is 5.82 Å². The van der Waals surface area contributed by atoms with Crippen LogP contribution in [0.1, 0.15) is 6.92 Å². The molecule has 0 bridgehead atoms. The van der Waals surface area contributed by atoms with E-state index in [9.17, 15) is 13.2 Å². The molecule has 1 saturated heterocycles. The number of piperazine rings is 1. The molecule has 7 heteroatoms. The van der Waals surface area contributed by atoms with Gasteiger partial charge in [0.05, 0.1) is 6.20 Å². The monoisotopic (exact) mass is 261 g/mol. The van der Waals surface area contributed by atoms with E-state index in [1.165, 1.54) is 6.07 Å². The number of rotatable bonds is 2. The molecule has 1 atom stereocenters. The Kier molecular flexibility index (Phi) is 3.60. The van der Waals surface area contributed by atoms with E-state index in [-0.39, 0.29) is 5.75 Å². The highest BCUT2D eigenvalue weighted by molar-refractivity contribution is 5.41. The molecular formula is C11H14F3N3O. The summed E-state index contributed by atoms with van der Waals surface area (Å²) in [6.45, 7) is 4.46. The van der Waals surface area contributed by atoms with Crippen molar-refractivity contribution in [2.24, 2.45) is 0 Å². The molecule has 1 aromatic heterocycles. The van der Waals surface area contributed by atoms with Crippen LogP contribution in [-0.2, 0) is 0 Å². The van der Waals surface area contributed by atoms with Crippen molar-refractivity contribution in [2.45, 2.75) is 19.3 Å². The van der Waals surface area contributed by atoms with Crippen LogP contribution in [0.25, 0.3) is 0 Å². The van der Waals surface area contributed by atoms with Crippen LogP contribution in [0, 0.1) is 0 Å². The number of nitrogens with zero attached hydrogens (tertiary/aromatic N) is 2. The lowest BCUT2D eigenvalue weighted by Gasteiger charge is -2.32. The molecule has 0 saturated carbocycles. The third-order valence-electron chi connectivity index (χ3n) is 2.65. The third-order valence-corrected chi connectivity index (χ3v) is 2.65. The van der Waals surface area contributed by atoms with Gasteiger partial charge in [-0.15, -0.1) is 13.2 Å². The second-order valence-corrected chi connectivity index (χ2v) is 4.20. The molecule has 1 fully saturated rings. The zero-order valence-corrected chi connectivity index (χ0v) is 9.87. The zero-order chi connectivity index (χ0) is 13.2. The predicted octanol–water partition coefficient (Wildman–Crippen LogP) is 1.78. The van der Waals surface area contributed by atoms with Gasteiger partial charge in [0.25, 0.3) is 0 Å². The van der Waals surface area contributed by atoms with Crippen LogP contribution >= 0.6 is 0 Å². The minimum Gasteiger partial charge on any atom is -0.404 e. The molecule has 1 aliphatic heterocycles. The Hall–Kier alpha value is -1.50. The highest BCUT2D eigenvalue weighted by Crippen LogP contribution is 2.23. The molecule has 0 spiro atoms. The first-order chi connectivity index (χ1) is 8.44. The highest BCUT2D eigenvalue weighted by Gasteiger charge is 2.31. The first kappa shape index (κ1) is 12.9. The van der Waals surface area contributed by atoms with Crippen LogP contribution in [0.5, 0.6) is 5.75 Å². The number of anilines is 1. The SMILES string of the molecule is C[C@@H]1CN(c2ccc(OC(F)(F)F)cn2)CCN1. The maximum Gasteiger partial charge on any atom is 0.573 e. The largest absolute Gasteiger partial charge is 0.573 e. The van der Waals surface area contributed by atoms with Crippen molar-refractivity contribution < 1.29 is 17.9 Å². The van der Waals surface area contributed by atoms with Crippen LogP contribution in [0.2, 0.25) is 0 Å². The second kappa shape index (κ2) is 5.01. The van der Waals surface area contributed by atoms with E-state index in [2.05, 4.69) is 15.0 Å². The summed E-state index contributed by atoms with van der Waals surface area (Å²) in [4.78, 5) is 6.02. The average molecular weight is 261 g/mol. The van der Waals surface area contributed by atoms with Gasteiger partial charge in [0.15, 0.2) is 0 Å². The number of nitrogens with one attached hydrogen (secondary N) is 1. The van der Waals surface area contributed by atoms with Crippen LogP contribution < -0.4 is 15.0 Å². The van der Waals surface area contributed by atoms with Gasteiger partial charge in [-0.2, -0.15) is 0 Å². The molecule has 18 heavy (non-hydrogen) atoms. The average Bonchev–Trinajstić information content (AvgIpc) is 2.28. The quantitative estimate of drug-likeness (QED) is 0.880. The van der Waals surface area contributed by atoms with Gasteiger partial charge >= 0.3 is 6.36 Å². The molecule has 4 nitrogen and oxygen atoms in total. The molecule has 0 radical (unpaired) electrons. The number of ether oxygens (including phenoxy) is 1. The number of hydrogen-bond donors (Lipinski definition) is 1. The molecule has 1 aromatic rings. The van der Waals surface area contributed by atoms with Crippen LogP contribution in [0.3, 0.4) is 0 Å². The predicted molar refractivity (Wildman–Crippen MR) is 60.6 cm³/mol. The summed E-state index contributed by atoms with van der Waals surface area (Å²) in [6, 6.07) is 3.16. The van der Waals surface area contributed by atoms with Crippen molar-refractivity contribution in [2.75, 3.05) is 24.5 Å². The number of pyridine rings is 1. The zero-order valence-electron chi connectivity index (χ0n) is 9.87. The Morgan fingerprint density at radius 3 is 2.78 bits per heavy atom. The van der Waals surface area contributed by atoms with Gasteiger partial charge in [-0.25, -0.2) is 4.98 Å². The van der Waals surface area contributed by atoms with Gasteiger partial charge < -0.3 is 15.0 Å². The smallest absolute Gasteiger partial charge is 0.404 e. The second-order valence-electron chi connectivity index (χ2n) is 4.20. The topological polar surface area (TPSA) is 37.4 Å². The van der Waals surface area contributed by atoms with Gasteiger partial charge in [-0.1, -0.05) is 0 Å². The van der Waals surface area contributed by atoms with Crippen molar-refractivity contribution in [3.05, 3.63) is 18.3 Å². The Morgan fingerprint density at radius 1 is 1.44 bits per heavy atom. The Labute approximate surface area is 103 Å². The third kappa shape index (κ3) is 3.49. The Balaban J connectivity index is 2.03. The van der Waals surface area contributed by atoms with Gasteiger partial charge in [-0.05, 0) is 19.1 Å². The van der Waals surface area contributed by atoms with Crippen molar-refractivity contribution in [1.29, 1.82) is 0 Å². The molecule has 1 N–H and O–H groups in total. The standard InChI is InChI=1S/C11H14F3N3O/c1-8-7-17(5-4-15-8)10-3-2-9(6-16-10)18-11(12,13)14/h2-3,6,8,15H,4-5,7H2,1H3/t8-/m1/s1. The summed E-state index contributed by atoms with van der Waals surface area (Å²) < 4.78 is 39.7. The molecule has 0 unspecified atom stereocenters. The van der Waals surface area contributed by atoms with Crippen LogP contribution in [0.15, 0.2) is 18.3 Å². The van der Waals surface area contributed by atoms with Crippen LogP contribution in [0.4, 0.5) is 19.0 Å². The molecule has 100 valence electrons. The summed E-state index contributed by atoms with van der Waals surface area (Å²) in [5, 5.41) is 3.28. The van der Waals surface area contributed by atoms with Gasteiger partial charge in [0.1, 0.15) is 11.6 Å². The summed E-state index contributed by atoms with van der Waals surface area (Å²) in [7, 11) is 0. The summed E-state index contributed by atoms with van der Waals surface area (Å²) in [5.41, 5.74) is 0. The van der Waals surface area contributed by atoms with E-state index >= 15 is 0 Å². The van der Waals surface area contributed by atoms with E-state index < -0.39 is 6.36 Å². The Morgan fingerprint density at radius 2 is 2.22 bits per heavy atom. The van der Waals surface area contributed by atoms with Crippen molar-refractivity contribution in [1.82, 2.24) is 10.3 Å².